The van der Waals surface area contributed by atoms with Gasteiger partial charge >= 0.3 is 0 Å². The molecule has 2 nitrogen and oxygen atoms in total. The molecule has 1 rings (SSSR count). The van der Waals surface area contributed by atoms with E-state index >= 15 is 0 Å². The monoisotopic (exact) mass is 251 g/mol. The number of hydrogen-bond acceptors (Lipinski definition) is 1. The quantitative estimate of drug-likeness (QED) is 0.838. The molecule has 0 aliphatic carbocycles. The maximum atomic E-state index is 11.4. The van der Waals surface area contributed by atoms with Crippen molar-refractivity contribution in [3.8, 4) is 0 Å². The third-order valence-corrected chi connectivity index (χ3v) is 2.44. The third kappa shape index (κ3) is 7.88. The van der Waals surface area contributed by atoms with Crippen molar-refractivity contribution < 1.29 is 6.22 Å². The topological polar surface area (TPSA) is 29.1 Å². The van der Waals surface area contributed by atoms with Gasteiger partial charge in [0.25, 0.3) is 0 Å². The molecule has 0 aromatic heterocycles. The highest BCUT2D eigenvalue weighted by atomic mass is 16.1. The zero-order chi connectivity index (χ0) is 14.0. The summed E-state index contributed by atoms with van der Waals surface area (Å²) in [7, 11) is 0. The molecule has 0 saturated heterocycles. The number of amides is 1. The lowest BCUT2D eigenvalue weighted by Crippen LogP contribution is -2.29. The molecule has 0 heterocycles. The molecule has 0 spiro atoms. The molecule has 18 heavy (non-hydrogen) atoms. The van der Waals surface area contributed by atoms with Gasteiger partial charge in [-0.1, -0.05) is 43.7 Å². The van der Waals surface area contributed by atoms with Crippen molar-refractivity contribution in [3.63, 3.8) is 0 Å². The summed E-state index contributed by atoms with van der Waals surface area (Å²) in [5, 5.41) is 2.90. The summed E-state index contributed by atoms with van der Waals surface area (Å²) in [6.07, 6.45) is 2.51. The van der Waals surface area contributed by atoms with Gasteiger partial charge in [0, 0.05) is 13.9 Å². The number of nitrogens with one attached hydrogen (secondary N) is 1. The molecule has 0 unspecified atom stereocenters. The number of carbonyl (C=O) groups excluding carboxylic acids is 1. The summed E-state index contributed by atoms with van der Waals surface area (Å²) >= 11 is 0. The van der Waals surface area contributed by atoms with Crippen LogP contribution in [0.2, 0.25) is 0 Å². The number of carbonyl (C=O) groups is 1. The molecule has 1 amide bonds. The zero-order valence-electron chi connectivity index (χ0n) is 12.4. The second-order valence-electron chi connectivity index (χ2n) is 4.56. The highest BCUT2D eigenvalue weighted by Crippen LogP contribution is 2.07. The minimum atomic E-state index is 0. The normalized spacial score (nSPS) is 9.67. The van der Waals surface area contributed by atoms with Gasteiger partial charge in [0.1, 0.15) is 0 Å². The van der Waals surface area contributed by atoms with Crippen molar-refractivity contribution in [2.75, 3.05) is 0 Å². The Balaban J connectivity index is 0. The third-order valence-electron chi connectivity index (χ3n) is 2.44. The molecule has 104 valence electrons. The van der Waals surface area contributed by atoms with Gasteiger partial charge in [-0.25, -0.2) is 0 Å². The summed E-state index contributed by atoms with van der Waals surface area (Å²) in [6, 6.07) is 8.74. The van der Waals surface area contributed by atoms with E-state index < -0.39 is 0 Å². The Morgan fingerprint density at radius 3 is 2.28 bits per heavy atom. The first-order valence-electron chi connectivity index (χ1n) is 6.93. The van der Waals surface area contributed by atoms with Crippen molar-refractivity contribution >= 4 is 5.91 Å². The molecular weight excluding hydrogens is 222 g/mol. The second-order valence-corrected chi connectivity index (χ2v) is 4.56. The van der Waals surface area contributed by atoms with E-state index in [0.29, 0.717) is 6.42 Å². The Kier molecular flexibility index (Phi) is 8.99. The van der Waals surface area contributed by atoms with Crippen LogP contribution in [0.15, 0.2) is 24.3 Å². The second kappa shape index (κ2) is 9.69. The fourth-order valence-electron chi connectivity index (χ4n) is 1.60. The molecule has 0 aliphatic rings. The van der Waals surface area contributed by atoms with E-state index in [0.717, 1.165) is 12.8 Å². The van der Waals surface area contributed by atoms with E-state index in [-0.39, 0.29) is 13.4 Å². The Bertz CT molecular complexity index is 333. The standard InChI is InChI=1S/C14H21NO.C2H6.H2/c1-11(2)15-14(16)6-4-5-13-9-7-12(3)8-10-13;1-2;/h7-11H,4-6H2,1-3H3,(H,15,16);1-2H3;1H. The van der Waals surface area contributed by atoms with Crippen LogP contribution in [-0.4, -0.2) is 11.9 Å². The van der Waals surface area contributed by atoms with E-state index in [2.05, 4.69) is 36.5 Å². The van der Waals surface area contributed by atoms with Gasteiger partial charge in [-0.2, -0.15) is 0 Å². The van der Waals surface area contributed by atoms with Gasteiger partial charge in [0.2, 0.25) is 5.91 Å². The first-order chi connectivity index (χ1) is 8.58. The molecule has 1 N–H and O–H groups in total. The molecule has 0 bridgehead atoms. The molecule has 1 aromatic carbocycles. The minimum Gasteiger partial charge on any atom is -0.354 e. The van der Waals surface area contributed by atoms with Crippen LogP contribution in [-0.2, 0) is 11.2 Å². The van der Waals surface area contributed by atoms with Gasteiger partial charge in [-0.3, -0.25) is 4.79 Å². The number of rotatable bonds is 5. The fourth-order valence-corrected chi connectivity index (χ4v) is 1.60. The van der Waals surface area contributed by atoms with Crippen molar-refractivity contribution in [3.05, 3.63) is 35.4 Å². The molecule has 0 atom stereocenters. The average Bonchev–Trinajstić information content (AvgIpc) is 2.33. The summed E-state index contributed by atoms with van der Waals surface area (Å²) in [6.45, 7) is 10.1. The van der Waals surface area contributed by atoms with E-state index in [9.17, 15) is 4.79 Å². The molecule has 0 fully saturated rings. The lowest BCUT2D eigenvalue weighted by Gasteiger charge is -2.07. The van der Waals surface area contributed by atoms with Crippen LogP contribution in [0.3, 0.4) is 0 Å². The van der Waals surface area contributed by atoms with Crippen LogP contribution >= 0.6 is 0 Å². The van der Waals surface area contributed by atoms with Crippen LogP contribution in [0.5, 0.6) is 0 Å². The Hall–Kier alpha value is -1.31. The largest absolute Gasteiger partial charge is 0.354 e. The zero-order valence-corrected chi connectivity index (χ0v) is 12.4. The molecular formula is C16H29NO. The maximum Gasteiger partial charge on any atom is 0.220 e. The van der Waals surface area contributed by atoms with Crippen molar-refractivity contribution in [2.45, 2.75) is 59.9 Å². The molecule has 0 radical (unpaired) electrons. The summed E-state index contributed by atoms with van der Waals surface area (Å²) in [4.78, 5) is 11.4. The van der Waals surface area contributed by atoms with E-state index in [1.807, 2.05) is 27.7 Å². The first kappa shape index (κ1) is 16.7. The maximum absolute atomic E-state index is 11.4. The van der Waals surface area contributed by atoms with Crippen LogP contribution < -0.4 is 5.32 Å². The highest BCUT2D eigenvalue weighted by molar-refractivity contribution is 5.76. The Labute approximate surface area is 113 Å². The minimum absolute atomic E-state index is 0. The van der Waals surface area contributed by atoms with Crippen molar-refractivity contribution in [1.82, 2.24) is 5.32 Å². The average molecular weight is 251 g/mol. The van der Waals surface area contributed by atoms with Gasteiger partial charge < -0.3 is 5.32 Å². The number of benzene rings is 1. The van der Waals surface area contributed by atoms with Crippen LogP contribution in [0.4, 0.5) is 0 Å². The first-order valence-corrected chi connectivity index (χ1v) is 6.93. The lowest BCUT2D eigenvalue weighted by atomic mass is 10.1. The van der Waals surface area contributed by atoms with Gasteiger partial charge in [0.15, 0.2) is 0 Å². The number of aryl methyl sites for hydroxylation is 2. The van der Waals surface area contributed by atoms with Gasteiger partial charge in [-0.05, 0) is 39.2 Å². The molecule has 1 aromatic rings. The van der Waals surface area contributed by atoms with Crippen molar-refractivity contribution in [2.24, 2.45) is 0 Å². The summed E-state index contributed by atoms with van der Waals surface area (Å²) in [5.74, 6) is 0.155. The van der Waals surface area contributed by atoms with E-state index in [1.165, 1.54) is 11.1 Å². The lowest BCUT2D eigenvalue weighted by molar-refractivity contribution is -0.121. The molecule has 0 saturated carbocycles. The van der Waals surface area contributed by atoms with E-state index in [4.69, 9.17) is 0 Å². The Morgan fingerprint density at radius 2 is 1.78 bits per heavy atom. The van der Waals surface area contributed by atoms with Crippen LogP contribution in [0, 0.1) is 6.92 Å². The molecule has 2 heteroatoms. The summed E-state index contributed by atoms with van der Waals surface area (Å²) in [5.41, 5.74) is 2.59. The predicted octanol–water partition coefficient (Wildman–Crippen LogP) is 4.11. The number of hydrogen-bond donors (Lipinski definition) is 1. The fraction of sp³-hybridized carbons (Fsp3) is 0.562. The van der Waals surface area contributed by atoms with Gasteiger partial charge in [-0.15, -0.1) is 0 Å². The molecule has 0 aliphatic heterocycles. The highest BCUT2D eigenvalue weighted by Gasteiger charge is 2.02. The SMILES string of the molecule is CC.Cc1ccc(CCCC(=O)NC(C)C)cc1.[HH]. The van der Waals surface area contributed by atoms with E-state index in [1.54, 1.807) is 0 Å². The van der Waals surface area contributed by atoms with Gasteiger partial charge in [0.05, 0.1) is 0 Å². The van der Waals surface area contributed by atoms with Crippen molar-refractivity contribution in [1.29, 1.82) is 0 Å². The van der Waals surface area contributed by atoms with Crippen LogP contribution in [0.25, 0.3) is 0 Å². The Morgan fingerprint density at radius 1 is 1.22 bits per heavy atom. The predicted molar refractivity (Wildman–Crippen MR) is 80.9 cm³/mol. The van der Waals surface area contributed by atoms with Crippen LogP contribution in [0.1, 0.15) is 53.1 Å². The smallest absolute Gasteiger partial charge is 0.220 e. The summed E-state index contributed by atoms with van der Waals surface area (Å²) < 4.78 is 0.